The maximum absolute atomic E-state index is 9.94. The van der Waals surface area contributed by atoms with Crippen LogP contribution < -0.4 is 0 Å². The minimum atomic E-state index is -2.99. The SMILES string of the molecule is CCCCCCCCCCOP(O)(=S)OCCCCCCCC. The second-order valence-corrected chi connectivity index (χ2v) is 9.22. The molecule has 0 aromatic rings. The van der Waals surface area contributed by atoms with Crippen molar-refractivity contribution in [3.05, 3.63) is 0 Å². The third-order valence-corrected chi connectivity index (χ3v) is 5.65. The topological polar surface area (TPSA) is 38.7 Å². The van der Waals surface area contributed by atoms with Gasteiger partial charge in [-0.2, -0.15) is 0 Å². The molecule has 0 aliphatic heterocycles. The Bertz CT molecular complexity index is 287. The van der Waals surface area contributed by atoms with E-state index >= 15 is 0 Å². The molecule has 0 saturated heterocycles. The van der Waals surface area contributed by atoms with Gasteiger partial charge in [0.25, 0.3) is 0 Å². The molecule has 0 heterocycles. The van der Waals surface area contributed by atoms with E-state index in [4.69, 9.17) is 20.9 Å². The molecule has 5 heteroatoms. The van der Waals surface area contributed by atoms with Gasteiger partial charge in [-0.1, -0.05) is 90.9 Å². The Morgan fingerprint density at radius 3 is 1.26 bits per heavy atom. The summed E-state index contributed by atoms with van der Waals surface area (Å²) >= 11 is 5.03. The lowest BCUT2D eigenvalue weighted by Crippen LogP contribution is -1.99. The van der Waals surface area contributed by atoms with E-state index in [1.807, 2.05) is 0 Å². The van der Waals surface area contributed by atoms with Gasteiger partial charge in [0, 0.05) is 0 Å². The molecule has 0 radical (unpaired) electrons. The second-order valence-electron chi connectivity index (χ2n) is 6.38. The van der Waals surface area contributed by atoms with E-state index < -0.39 is 6.72 Å². The van der Waals surface area contributed by atoms with E-state index in [2.05, 4.69) is 13.8 Å². The van der Waals surface area contributed by atoms with Crippen molar-refractivity contribution >= 4 is 18.5 Å². The van der Waals surface area contributed by atoms with Crippen LogP contribution in [0.1, 0.15) is 104 Å². The van der Waals surface area contributed by atoms with Crippen molar-refractivity contribution in [2.24, 2.45) is 0 Å². The molecule has 0 aliphatic rings. The van der Waals surface area contributed by atoms with Crippen LogP contribution in [-0.2, 0) is 20.9 Å². The Kier molecular flexibility index (Phi) is 17.8. The van der Waals surface area contributed by atoms with Gasteiger partial charge >= 0.3 is 6.72 Å². The molecule has 1 N–H and O–H groups in total. The summed E-state index contributed by atoms with van der Waals surface area (Å²) in [5.41, 5.74) is 0. The highest BCUT2D eigenvalue weighted by atomic mass is 32.5. The molecule has 140 valence electrons. The summed E-state index contributed by atoms with van der Waals surface area (Å²) in [6, 6.07) is 0. The van der Waals surface area contributed by atoms with Crippen molar-refractivity contribution in [1.29, 1.82) is 0 Å². The highest BCUT2D eigenvalue weighted by Crippen LogP contribution is 2.43. The van der Waals surface area contributed by atoms with Crippen LogP contribution in [0.2, 0.25) is 0 Å². The largest absolute Gasteiger partial charge is 0.324 e. The van der Waals surface area contributed by atoms with Gasteiger partial charge in [0.15, 0.2) is 0 Å². The van der Waals surface area contributed by atoms with E-state index in [0.717, 1.165) is 25.7 Å². The van der Waals surface area contributed by atoms with Gasteiger partial charge in [0.1, 0.15) is 0 Å². The minimum Gasteiger partial charge on any atom is -0.324 e. The standard InChI is InChI=1S/C18H39O3PS/c1-3-5-7-9-11-12-14-16-18-21-22(19,23)20-17-15-13-10-8-6-4-2/h3-18H2,1-2H3,(H,19,23). The van der Waals surface area contributed by atoms with Gasteiger partial charge in [0.2, 0.25) is 0 Å². The maximum atomic E-state index is 9.94. The lowest BCUT2D eigenvalue weighted by atomic mass is 10.1. The highest BCUT2D eigenvalue weighted by molar-refractivity contribution is 8.07. The van der Waals surface area contributed by atoms with Crippen molar-refractivity contribution in [1.82, 2.24) is 0 Å². The number of hydrogen-bond acceptors (Lipinski definition) is 3. The van der Waals surface area contributed by atoms with Crippen molar-refractivity contribution < 1.29 is 13.9 Å². The summed E-state index contributed by atoms with van der Waals surface area (Å²) in [6.45, 7) is 2.52. The third kappa shape index (κ3) is 18.7. The lowest BCUT2D eigenvalue weighted by molar-refractivity contribution is 0.190. The maximum Gasteiger partial charge on any atom is 0.324 e. The summed E-state index contributed by atoms with van der Waals surface area (Å²) in [5, 5.41) is 0. The Morgan fingerprint density at radius 2 is 0.913 bits per heavy atom. The van der Waals surface area contributed by atoms with Crippen molar-refractivity contribution in [2.75, 3.05) is 13.2 Å². The first-order chi connectivity index (χ1) is 11.1. The van der Waals surface area contributed by atoms with Gasteiger partial charge in [-0.15, -0.1) is 0 Å². The van der Waals surface area contributed by atoms with Crippen LogP contribution in [0.3, 0.4) is 0 Å². The van der Waals surface area contributed by atoms with Crippen LogP contribution >= 0.6 is 6.72 Å². The molecule has 0 saturated carbocycles. The van der Waals surface area contributed by atoms with Crippen LogP contribution in [-0.4, -0.2) is 18.1 Å². The van der Waals surface area contributed by atoms with E-state index in [0.29, 0.717) is 13.2 Å². The monoisotopic (exact) mass is 366 g/mol. The molecule has 0 spiro atoms. The quantitative estimate of drug-likeness (QED) is 0.215. The predicted octanol–water partition coefficient (Wildman–Crippen LogP) is 6.74. The summed E-state index contributed by atoms with van der Waals surface area (Å²) < 4.78 is 10.7. The summed E-state index contributed by atoms with van der Waals surface area (Å²) in [5.74, 6) is 0. The second kappa shape index (κ2) is 17.4. The summed E-state index contributed by atoms with van der Waals surface area (Å²) in [7, 11) is 0. The zero-order valence-corrected chi connectivity index (χ0v) is 17.1. The molecule has 1 atom stereocenters. The van der Waals surface area contributed by atoms with Crippen LogP contribution in [0.4, 0.5) is 0 Å². The van der Waals surface area contributed by atoms with Crippen molar-refractivity contribution in [2.45, 2.75) is 104 Å². The predicted molar refractivity (Wildman–Crippen MR) is 104 cm³/mol. The molecule has 0 aromatic carbocycles. The molecular weight excluding hydrogens is 327 g/mol. The molecule has 0 aliphatic carbocycles. The first-order valence-electron chi connectivity index (χ1n) is 9.74. The molecule has 0 amide bonds. The fourth-order valence-corrected chi connectivity index (χ4v) is 3.76. The normalized spacial score (nSPS) is 14.0. The summed E-state index contributed by atoms with van der Waals surface area (Å²) in [4.78, 5) is 9.94. The van der Waals surface area contributed by atoms with Crippen molar-refractivity contribution in [3.63, 3.8) is 0 Å². The van der Waals surface area contributed by atoms with E-state index in [-0.39, 0.29) is 0 Å². The molecule has 1 unspecified atom stereocenters. The number of unbranched alkanes of at least 4 members (excludes halogenated alkanes) is 12. The Hall–Kier alpha value is 0.530. The van der Waals surface area contributed by atoms with Crippen LogP contribution in [0.5, 0.6) is 0 Å². The van der Waals surface area contributed by atoms with E-state index in [9.17, 15) is 4.89 Å². The Morgan fingerprint density at radius 1 is 0.609 bits per heavy atom. The van der Waals surface area contributed by atoms with Gasteiger partial charge in [-0.3, -0.25) is 0 Å². The van der Waals surface area contributed by atoms with Gasteiger partial charge in [0.05, 0.1) is 13.2 Å². The van der Waals surface area contributed by atoms with Crippen LogP contribution in [0.15, 0.2) is 0 Å². The highest BCUT2D eigenvalue weighted by Gasteiger charge is 2.13. The number of rotatable bonds is 18. The molecule has 0 rings (SSSR count). The zero-order chi connectivity index (χ0) is 17.2. The Balaban J connectivity index is 3.35. The zero-order valence-electron chi connectivity index (χ0n) is 15.4. The van der Waals surface area contributed by atoms with E-state index in [1.54, 1.807) is 0 Å². The van der Waals surface area contributed by atoms with Gasteiger partial charge in [-0.05, 0) is 24.6 Å². The smallest absolute Gasteiger partial charge is 0.324 e. The van der Waals surface area contributed by atoms with Crippen molar-refractivity contribution in [3.8, 4) is 0 Å². The Labute approximate surface area is 149 Å². The first kappa shape index (κ1) is 23.5. The summed E-state index contributed by atoms with van der Waals surface area (Å²) in [6.07, 6.45) is 17.2. The molecule has 0 fully saturated rings. The minimum absolute atomic E-state index is 0.525. The fraction of sp³-hybridized carbons (Fsp3) is 1.00. The molecular formula is C18H39O3PS. The molecule has 0 aromatic heterocycles. The van der Waals surface area contributed by atoms with Crippen LogP contribution in [0.25, 0.3) is 0 Å². The molecule has 0 bridgehead atoms. The molecule has 3 nitrogen and oxygen atoms in total. The third-order valence-electron chi connectivity index (χ3n) is 4.00. The van der Waals surface area contributed by atoms with E-state index in [1.165, 1.54) is 64.2 Å². The fourth-order valence-electron chi connectivity index (χ4n) is 2.52. The average Bonchev–Trinajstić information content (AvgIpc) is 2.52. The lowest BCUT2D eigenvalue weighted by Gasteiger charge is -2.15. The average molecular weight is 367 g/mol. The van der Waals surface area contributed by atoms with Gasteiger partial charge in [-0.25, -0.2) is 0 Å². The van der Waals surface area contributed by atoms with Crippen LogP contribution in [0, 0.1) is 0 Å². The number of hydrogen-bond donors (Lipinski definition) is 1. The van der Waals surface area contributed by atoms with Gasteiger partial charge < -0.3 is 13.9 Å². The molecule has 23 heavy (non-hydrogen) atoms. The first-order valence-corrected chi connectivity index (χ1v) is 12.3.